The van der Waals surface area contributed by atoms with Crippen LogP contribution in [-0.2, 0) is 0 Å². The number of rotatable bonds is 3. The van der Waals surface area contributed by atoms with Gasteiger partial charge in [-0.25, -0.2) is 9.97 Å². The Morgan fingerprint density at radius 3 is 2.48 bits per heavy atom. The smallest absolute Gasteiger partial charge is 0.187 e. The molecule has 0 aliphatic carbocycles. The first kappa shape index (κ1) is 14.2. The maximum atomic E-state index is 4.68. The number of benzene rings is 1. The van der Waals surface area contributed by atoms with Gasteiger partial charge < -0.3 is 5.32 Å². The van der Waals surface area contributed by atoms with Crippen LogP contribution in [0.2, 0.25) is 0 Å². The lowest BCUT2D eigenvalue weighted by molar-refractivity contribution is 1.20. The minimum Gasteiger partial charge on any atom is -0.332 e. The van der Waals surface area contributed by atoms with Gasteiger partial charge in [-0.05, 0) is 51.0 Å². The molecule has 0 atom stereocenters. The molecule has 3 nitrogen and oxygen atoms in total. The summed E-state index contributed by atoms with van der Waals surface area (Å²) in [5, 5.41) is 7.46. The summed E-state index contributed by atoms with van der Waals surface area (Å²) in [7, 11) is 0. The number of aryl methyl sites for hydroxylation is 4. The van der Waals surface area contributed by atoms with Crippen molar-refractivity contribution in [3.63, 3.8) is 0 Å². The average Bonchev–Trinajstić information content (AvgIpc) is 3.00. The monoisotopic (exact) mass is 315 g/mol. The molecule has 0 bridgehead atoms. The summed E-state index contributed by atoms with van der Waals surface area (Å²) >= 11 is 3.32. The largest absolute Gasteiger partial charge is 0.332 e. The summed E-state index contributed by atoms with van der Waals surface area (Å²) in [6.07, 6.45) is 0. The van der Waals surface area contributed by atoms with Crippen LogP contribution in [0.15, 0.2) is 23.6 Å². The Hall–Kier alpha value is -1.72. The van der Waals surface area contributed by atoms with E-state index < -0.39 is 0 Å². The number of nitrogens with one attached hydrogen (secondary N) is 1. The first-order valence-electron chi connectivity index (χ1n) is 6.77. The molecule has 3 rings (SSSR count). The van der Waals surface area contributed by atoms with Crippen LogP contribution in [0.5, 0.6) is 0 Å². The number of anilines is 2. The third-order valence-corrected chi connectivity index (χ3v) is 5.25. The predicted molar refractivity (Wildman–Crippen MR) is 91.9 cm³/mol. The second-order valence-electron chi connectivity index (χ2n) is 5.11. The molecule has 5 heteroatoms. The quantitative estimate of drug-likeness (QED) is 0.718. The Kier molecular flexibility index (Phi) is 3.78. The molecule has 108 valence electrons. The van der Waals surface area contributed by atoms with E-state index in [1.807, 2.05) is 13.8 Å². The average molecular weight is 315 g/mol. The second-order valence-corrected chi connectivity index (χ2v) is 7.17. The first-order valence-corrected chi connectivity index (χ1v) is 8.47. The van der Waals surface area contributed by atoms with Gasteiger partial charge in [-0.15, -0.1) is 22.7 Å². The molecular formula is C16H17N3S2. The summed E-state index contributed by atoms with van der Waals surface area (Å²) in [5.74, 6) is 0. The van der Waals surface area contributed by atoms with Gasteiger partial charge in [-0.3, -0.25) is 0 Å². The van der Waals surface area contributed by atoms with Gasteiger partial charge in [0, 0.05) is 11.1 Å². The van der Waals surface area contributed by atoms with E-state index in [0.717, 1.165) is 32.1 Å². The van der Waals surface area contributed by atoms with Crippen LogP contribution in [0.3, 0.4) is 0 Å². The Bertz CT molecular complexity index is 787. The predicted octanol–water partition coefficient (Wildman–Crippen LogP) is 5.24. The zero-order valence-corrected chi connectivity index (χ0v) is 14.2. The van der Waals surface area contributed by atoms with Gasteiger partial charge in [0.1, 0.15) is 0 Å². The van der Waals surface area contributed by atoms with Crippen LogP contribution >= 0.6 is 22.7 Å². The molecule has 2 heterocycles. The molecule has 2 aromatic heterocycles. The third kappa shape index (κ3) is 2.99. The van der Waals surface area contributed by atoms with Crippen LogP contribution in [0, 0.1) is 27.7 Å². The Labute approximate surface area is 132 Å². The summed E-state index contributed by atoms with van der Waals surface area (Å²) in [5.41, 5.74) is 5.73. The van der Waals surface area contributed by atoms with Crippen molar-refractivity contribution in [1.29, 1.82) is 0 Å². The van der Waals surface area contributed by atoms with Crippen LogP contribution in [0.1, 0.15) is 21.8 Å². The maximum Gasteiger partial charge on any atom is 0.187 e. The molecule has 0 fully saturated rings. The zero-order chi connectivity index (χ0) is 15.0. The SMILES string of the molecule is Cc1nc(C)c(-c2csc(Nc3ccc(C)c(C)c3)n2)s1. The molecule has 1 N–H and O–H groups in total. The standard InChI is InChI=1S/C16H17N3S2/c1-9-5-6-13(7-10(9)2)18-16-19-14(8-20-16)15-11(3)17-12(4)21-15/h5-8H,1-4H3,(H,18,19). The van der Waals surface area contributed by atoms with Gasteiger partial charge in [-0.1, -0.05) is 6.07 Å². The molecule has 0 spiro atoms. The minimum absolute atomic E-state index is 0.915. The molecule has 3 aromatic rings. The number of hydrogen-bond donors (Lipinski definition) is 1. The molecule has 0 aliphatic heterocycles. The molecule has 0 saturated heterocycles. The highest BCUT2D eigenvalue weighted by atomic mass is 32.1. The fourth-order valence-corrected chi connectivity index (χ4v) is 3.82. The highest BCUT2D eigenvalue weighted by Gasteiger charge is 2.11. The van der Waals surface area contributed by atoms with Gasteiger partial charge >= 0.3 is 0 Å². The Morgan fingerprint density at radius 1 is 1.00 bits per heavy atom. The van der Waals surface area contributed by atoms with E-state index in [1.54, 1.807) is 22.7 Å². The van der Waals surface area contributed by atoms with E-state index >= 15 is 0 Å². The topological polar surface area (TPSA) is 37.8 Å². The van der Waals surface area contributed by atoms with Crippen LogP contribution in [0.25, 0.3) is 10.6 Å². The molecule has 0 saturated carbocycles. The lowest BCUT2D eigenvalue weighted by Gasteiger charge is -2.05. The van der Waals surface area contributed by atoms with Crippen molar-refractivity contribution in [2.75, 3.05) is 5.32 Å². The van der Waals surface area contributed by atoms with E-state index in [9.17, 15) is 0 Å². The van der Waals surface area contributed by atoms with E-state index in [-0.39, 0.29) is 0 Å². The summed E-state index contributed by atoms with van der Waals surface area (Å²) < 4.78 is 0. The third-order valence-electron chi connectivity index (χ3n) is 3.40. The second kappa shape index (κ2) is 5.58. The van der Waals surface area contributed by atoms with Crippen molar-refractivity contribution in [3.05, 3.63) is 45.4 Å². The molecule has 0 radical (unpaired) electrons. The summed E-state index contributed by atoms with van der Waals surface area (Å²) in [6, 6.07) is 6.37. The van der Waals surface area contributed by atoms with E-state index in [1.165, 1.54) is 11.1 Å². The van der Waals surface area contributed by atoms with Crippen LogP contribution in [0.4, 0.5) is 10.8 Å². The highest BCUT2D eigenvalue weighted by Crippen LogP contribution is 2.33. The molecular weight excluding hydrogens is 298 g/mol. The number of nitrogens with zero attached hydrogens (tertiary/aromatic N) is 2. The van der Waals surface area contributed by atoms with Gasteiger partial charge in [0.25, 0.3) is 0 Å². The molecule has 21 heavy (non-hydrogen) atoms. The molecule has 1 aromatic carbocycles. The van der Waals surface area contributed by atoms with Crippen molar-refractivity contribution >= 4 is 33.5 Å². The van der Waals surface area contributed by atoms with Gasteiger partial charge in [0.05, 0.1) is 21.3 Å². The van der Waals surface area contributed by atoms with Crippen molar-refractivity contribution < 1.29 is 0 Å². The van der Waals surface area contributed by atoms with E-state index in [2.05, 4.69) is 52.7 Å². The Morgan fingerprint density at radius 2 is 1.81 bits per heavy atom. The van der Waals surface area contributed by atoms with Crippen LogP contribution < -0.4 is 5.32 Å². The van der Waals surface area contributed by atoms with E-state index in [0.29, 0.717) is 0 Å². The van der Waals surface area contributed by atoms with Crippen LogP contribution in [-0.4, -0.2) is 9.97 Å². The van der Waals surface area contributed by atoms with Gasteiger partial charge in [0.2, 0.25) is 0 Å². The fraction of sp³-hybridized carbons (Fsp3) is 0.250. The zero-order valence-electron chi connectivity index (χ0n) is 12.5. The van der Waals surface area contributed by atoms with Gasteiger partial charge in [-0.2, -0.15) is 0 Å². The van der Waals surface area contributed by atoms with E-state index in [4.69, 9.17) is 0 Å². The highest BCUT2D eigenvalue weighted by molar-refractivity contribution is 7.16. The minimum atomic E-state index is 0.915. The molecule has 0 unspecified atom stereocenters. The molecule has 0 amide bonds. The number of aromatic nitrogens is 2. The summed E-state index contributed by atoms with van der Waals surface area (Å²) in [6.45, 7) is 8.31. The van der Waals surface area contributed by atoms with Gasteiger partial charge in [0.15, 0.2) is 5.13 Å². The molecule has 0 aliphatic rings. The Balaban J connectivity index is 1.85. The maximum absolute atomic E-state index is 4.68. The lowest BCUT2D eigenvalue weighted by Crippen LogP contribution is -1.91. The first-order chi connectivity index (χ1) is 10.0. The van der Waals surface area contributed by atoms with Crippen molar-refractivity contribution in [1.82, 2.24) is 9.97 Å². The fourth-order valence-electron chi connectivity index (χ4n) is 2.15. The normalized spacial score (nSPS) is 10.9. The lowest BCUT2D eigenvalue weighted by atomic mass is 10.1. The van der Waals surface area contributed by atoms with Crippen molar-refractivity contribution in [3.8, 4) is 10.6 Å². The summed E-state index contributed by atoms with van der Waals surface area (Å²) in [4.78, 5) is 10.3. The number of thiazole rings is 2. The van der Waals surface area contributed by atoms with Crippen molar-refractivity contribution in [2.24, 2.45) is 0 Å². The van der Waals surface area contributed by atoms with Crippen molar-refractivity contribution in [2.45, 2.75) is 27.7 Å². The number of hydrogen-bond acceptors (Lipinski definition) is 5.